The SMILES string of the molecule is NNC(Cc1sccc1Br)c1cncc(F)c1. The molecule has 0 spiro atoms. The van der Waals surface area contributed by atoms with Crippen LogP contribution in [0.1, 0.15) is 16.5 Å². The lowest BCUT2D eigenvalue weighted by Crippen LogP contribution is -2.29. The van der Waals surface area contributed by atoms with Crippen LogP contribution in [-0.4, -0.2) is 4.98 Å². The highest BCUT2D eigenvalue weighted by Gasteiger charge is 2.14. The highest BCUT2D eigenvalue weighted by Crippen LogP contribution is 2.27. The normalized spacial score (nSPS) is 12.6. The maximum absolute atomic E-state index is 13.1. The van der Waals surface area contributed by atoms with Crippen molar-refractivity contribution in [1.82, 2.24) is 10.4 Å². The van der Waals surface area contributed by atoms with Crippen LogP contribution in [0.4, 0.5) is 4.39 Å². The smallest absolute Gasteiger partial charge is 0.141 e. The van der Waals surface area contributed by atoms with Crippen LogP contribution in [0.3, 0.4) is 0 Å². The molecule has 0 amide bonds. The summed E-state index contributed by atoms with van der Waals surface area (Å²) in [7, 11) is 0. The number of hydrogen-bond donors (Lipinski definition) is 2. The van der Waals surface area contributed by atoms with Crippen LogP contribution in [0.2, 0.25) is 0 Å². The summed E-state index contributed by atoms with van der Waals surface area (Å²) < 4.78 is 14.1. The van der Waals surface area contributed by atoms with E-state index in [1.807, 2.05) is 11.4 Å². The second kappa shape index (κ2) is 5.68. The monoisotopic (exact) mass is 315 g/mol. The van der Waals surface area contributed by atoms with E-state index >= 15 is 0 Å². The molecule has 2 rings (SSSR count). The summed E-state index contributed by atoms with van der Waals surface area (Å²) in [5, 5.41) is 2.00. The number of hydrogen-bond acceptors (Lipinski definition) is 4. The summed E-state index contributed by atoms with van der Waals surface area (Å²) in [6.45, 7) is 0. The molecule has 6 heteroatoms. The number of nitrogens with zero attached hydrogens (tertiary/aromatic N) is 1. The Hall–Kier alpha value is -0.820. The molecule has 1 unspecified atom stereocenters. The molecule has 0 radical (unpaired) electrons. The van der Waals surface area contributed by atoms with Crippen molar-refractivity contribution in [2.75, 3.05) is 0 Å². The first kappa shape index (κ1) is 12.6. The van der Waals surface area contributed by atoms with Gasteiger partial charge >= 0.3 is 0 Å². The van der Waals surface area contributed by atoms with E-state index in [9.17, 15) is 4.39 Å². The molecule has 0 bridgehead atoms. The van der Waals surface area contributed by atoms with Gasteiger partial charge in [-0.1, -0.05) is 0 Å². The summed E-state index contributed by atoms with van der Waals surface area (Å²) in [5.74, 6) is 5.16. The third-order valence-electron chi connectivity index (χ3n) is 2.41. The Morgan fingerprint density at radius 2 is 2.35 bits per heavy atom. The number of thiophene rings is 1. The topological polar surface area (TPSA) is 50.9 Å². The average Bonchev–Trinajstić information content (AvgIpc) is 2.71. The predicted octanol–water partition coefficient (Wildman–Crippen LogP) is 2.79. The molecule has 2 heterocycles. The number of nitrogens with two attached hydrogens (primary N) is 1. The molecule has 90 valence electrons. The van der Waals surface area contributed by atoms with Crippen molar-refractivity contribution in [2.24, 2.45) is 5.84 Å². The van der Waals surface area contributed by atoms with Crippen molar-refractivity contribution in [3.63, 3.8) is 0 Å². The Kier molecular flexibility index (Phi) is 4.22. The number of pyridine rings is 1. The molecule has 0 aliphatic heterocycles. The fourth-order valence-electron chi connectivity index (χ4n) is 1.55. The van der Waals surface area contributed by atoms with E-state index in [4.69, 9.17) is 5.84 Å². The Morgan fingerprint density at radius 3 is 2.94 bits per heavy atom. The first-order valence-corrected chi connectivity index (χ1v) is 6.66. The fraction of sp³-hybridized carbons (Fsp3) is 0.182. The average molecular weight is 316 g/mol. The van der Waals surface area contributed by atoms with Gasteiger partial charge in [0.05, 0.1) is 12.2 Å². The number of rotatable bonds is 4. The van der Waals surface area contributed by atoms with E-state index < -0.39 is 0 Å². The fourth-order valence-corrected chi connectivity index (χ4v) is 3.11. The van der Waals surface area contributed by atoms with Gasteiger partial charge in [-0.2, -0.15) is 0 Å². The molecule has 1 atom stereocenters. The van der Waals surface area contributed by atoms with Crippen LogP contribution in [0.25, 0.3) is 0 Å². The highest BCUT2D eigenvalue weighted by molar-refractivity contribution is 9.10. The van der Waals surface area contributed by atoms with E-state index in [2.05, 4.69) is 26.3 Å². The molecule has 3 nitrogen and oxygen atoms in total. The van der Waals surface area contributed by atoms with Gasteiger partial charge < -0.3 is 0 Å². The molecule has 0 fully saturated rings. The van der Waals surface area contributed by atoms with E-state index in [0.717, 1.165) is 14.9 Å². The van der Waals surface area contributed by atoms with Gasteiger partial charge in [0.1, 0.15) is 5.82 Å². The minimum Gasteiger partial charge on any atom is -0.271 e. The van der Waals surface area contributed by atoms with Gasteiger partial charge in [0.2, 0.25) is 0 Å². The third-order valence-corrected chi connectivity index (χ3v) is 4.36. The zero-order valence-electron chi connectivity index (χ0n) is 8.86. The van der Waals surface area contributed by atoms with Gasteiger partial charge in [0, 0.05) is 22.0 Å². The lowest BCUT2D eigenvalue weighted by Gasteiger charge is -2.15. The van der Waals surface area contributed by atoms with E-state index in [1.54, 1.807) is 17.5 Å². The van der Waals surface area contributed by atoms with Crippen molar-refractivity contribution >= 4 is 27.3 Å². The van der Waals surface area contributed by atoms with Crippen LogP contribution in [0, 0.1) is 5.82 Å². The molecular formula is C11H11BrFN3S. The van der Waals surface area contributed by atoms with Crippen molar-refractivity contribution in [3.05, 3.63) is 50.6 Å². The second-order valence-corrected chi connectivity index (χ2v) is 5.41. The number of nitrogens with one attached hydrogen (secondary N) is 1. The van der Waals surface area contributed by atoms with Gasteiger partial charge in [-0.25, -0.2) is 4.39 Å². The van der Waals surface area contributed by atoms with Gasteiger partial charge in [-0.3, -0.25) is 16.3 Å². The first-order chi connectivity index (χ1) is 8.20. The van der Waals surface area contributed by atoms with Crippen LogP contribution in [-0.2, 0) is 6.42 Å². The minimum absolute atomic E-state index is 0.145. The molecule has 0 aromatic carbocycles. The Balaban J connectivity index is 2.20. The molecule has 17 heavy (non-hydrogen) atoms. The lowest BCUT2D eigenvalue weighted by molar-refractivity contribution is 0.543. The summed E-state index contributed by atoms with van der Waals surface area (Å²) in [4.78, 5) is 4.99. The van der Waals surface area contributed by atoms with Gasteiger partial charge in [0.15, 0.2) is 0 Å². The highest BCUT2D eigenvalue weighted by atomic mass is 79.9. The maximum Gasteiger partial charge on any atom is 0.141 e. The second-order valence-electron chi connectivity index (χ2n) is 3.55. The van der Waals surface area contributed by atoms with Crippen molar-refractivity contribution in [1.29, 1.82) is 0 Å². The quantitative estimate of drug-likeness (QED) is 0.674. The van der Waals surface area contributed by atoms with E-state index in [-0.39, 0.29) is 11.9 Å². The molecule has 2 aromatic heterocycles. The Labute approximate surface area is 111 Å². The summed E-state index contributed by atoms with van der Waals surface area (Å²) in [6.07, 6.45) is 3.49. The summed E-state index contributed by atoms with van der Waals surface area (Å²) in [6, 6.07) is 3.28. The standard InChI is InChI=1S/C11H11BrFN3S/c12-9-1-2-17-11(9)4-10(16-14)7-3-8(13)6-15-5-7/h1-3,5-6,10,16H,4,14H2. The van der Waals surface area contributed by atoms with Gasteiger partial charge in [-0.15, -0.1) is 11.3 Å². The van der Waals surface area contributed by atoms with Crippen molar-refractivity contribution < 1.29 is 4.39 Å². The van der Waals surface area contributed by atoms with Crippen molar-refractivity contribution in [3.8, 4) is 0 Å². The maximum atomic E-state index is 13.1. The van der Waals surface area contributed by atoms with E-state index in [0.29, 0.717) is 6.42 Å². The van der Waals surface area contributed by atoms with Gasteiger partial charge in [0.25, 0.3) is 0 Å². The van der Waals surface area contributed by atoms with Crippen LogP contribution < -0.4 is 11.3 Å². The van der Waals surface area contributed by atoms with Gasteiger partial charge in [-0.05, 0) is 39.0 Å². The zero-order valence-corrected chi connectivity index (χ0v) is 11.3. The Morgan fingerprint density at radius 1 is 1.53 bits per heavy atom. The lowest BCUT2D eigenvalue weighted by atomic mass is 10.1. The molecule has 0 aliphatic rings. The van der Waals surface area contributed by atoms with Crippen LogP contribution in [0.15, 0.2) is 34.4 Å². The first-order valence-electron chi connectivity index (χ1n) is 4.99. The van der Waals surface area contributed by atoms with Crippen LogP contribution >= 0.6 is 27.3 Å². The zero-order chi connectivity index (χ0) is 12.3. The molecule has 0 saturated carbocycles. The molecule has 2 aromatic rings. The molecule has 3 N–H and O–H groups in total. The molecule has 0 aliphatic carbocycles. The third kappa shape index (κ3) is 3.10. The number of halogens is 2. The minimum atomic E-state index is -0.354. The van der Waals surface area contributed by atoms with Crippen molar-refractivity contribution in [2.45, 2.75) is 12.5 Å². The van der Waals surface area contributed by atoms with E-state index in [1.165, 1.54) is 12.3 Å². The number of aromatic nitrogens is 1. The largest absolute Gasteiger partial charge is 0.271 e. The summed E-state index contributed by atoms with van der Waals surface area (Å²) in [5.41, 5.74) is 3.43. The molecule has 0 saturated heterocycles. The predicted molar refractivity (Wildman–Crippen MR) is 70.0 cm³/mol. The van der Waals surface area contributed by atoms with Crippen LogP contribution in [0.5, 0.6) is 0 Å². The number of hydrazine groups is 1. The Bertz CT molecular complexity index is 503. The summed E-state index contributed by atoms with van der Waals surface area (Å²) >= 11 is 5.10. The molecular weight excluding hydrogens is 305 g/mol.